The summed E-state index contributed by atoms with van der Waals surface area (Å²) in [6.07, 6.45) is 0.154. The van der Waals surface area contributed by atoms with E-state index in [1.165, 1.54) is 19.2 Å². The summed E-state index contributed by atoms with van der Waals surface area (Å²) < 4.78 is 5.02. The first-order valence-electron chi connectivity index (χ1n) is 5.53. The number of methoxy groups -OCH3 is 1. The number of carbonyl (C=O) groups excluding carboxylic acids is 1. The van der Waals surface area contributed by atoms with E-state index in [1.54, 1.807) is 4.90 Å². The van der Waals surface area contributed by atoms with Gasteiger partial charge in [-0.3, -0.25) is 4.79 Å². The van der Waals surface area contributed by atoms with E-state index in [4.69, 9.17) is 27.9 Å². The van der Waals surface area contributed by atoms with Crippen LogP contribution in [0.1, 0.15) is 16.8 Å². The number of hydrogen-bond donors (Lipinski definition) is 1. The van der Waals surface area contributed by atoms with Crippen LogP contribution < -0.4 is 4.74 Å². The molecule has 0 unspecified atom stereocenters. The van der Waals surface area contributed by atoms with Gasteiger partial charge in [0, 0.05) is 18.7 Å². The fraction of sp³-hybridized carbons (Fsp3) is 0.417. The van der Waals surface area contributed by atoms with Gasteiger partial charge in [0.2, 0.25) is 0 Å². The zero-order valence-electron chi connectivity index (χ0n) is 9.82. The molecule has 1 heterocycles. The first-order chi connectivity index (χ1) is 8.52. The maximum absolute atomic E-state index is 12.2. The lowest BCUT2D eigenvalue weighted by Crippen LogP contribution is -2.29. The summed E-state index contributed by atoms with van der Waals surface area (Å²) in [6, 6.07) is 3.05. The number of hydrogen-bond acceptors (Lipinski definition) is 3. The number of β-amino-alcohol motifs (C(OH)–C–C–N with tert-alkyl or cyclic N) is 1. The number of likely N-dealkylation sites (tertiary alicyclic amines) is 1. The summed E-state index contributed by atoms with van der Waals surface area (Å²) in [7, 11) is 1.46. The summed E-state index contributed by atoms with van der Waals surface area (Å²) in [4.78, 5) is 13.7. The van der Waals surface area contributed by atoms with E-state index >= 15 is 0 Å². The Morgan fingerprint density at radius 1 is 1.44 bits per heavy atom. The third kappa shape index (κ3) is 2.55. The minimum Gasteiger partial charge on any atom is -0.494 e. The number of nitrogens with zero attached hydrogens (tertiary/aromatic N) is 1. The summed E-state index contributed by atoms with van der Waals surface area (Å²) in [5.41, 5.74) is 0.403. The molecule has 1 fully saturated rings. The molecule has 1 aliphatic rings. The molecule has 1 atom stereocenters. The predicted molar refractivity (Wildman–Crippen MR) is 69.5 cm³/mol. The first-order valence-corrected chi connectivity index (χ1v) is 6.29. The molecule has 1 N–H and O–H groups in total. The van der Waals surface area contributed by atoms with Crippen molar-refractivity contribution in [3.8, 4) is 5.75 Å². The minimum absolute atomic E-state index is 0.182. The topological polar surface area (TPSA) is 49.8 Å². The van der Waals surface area contributed by atoms with Crippen LogP contribution in [0.4, 0.5) is 0 Å². The van der Waals surface area contributed by atoms with Crippen molar-refractivity contribution in [2.75, 3.05) is 20.2 Å². The Balaban J connectivity index is 2.26. The zero-order chi connectivity index (χ0) is 13.3. The molecule has 0 aliphatic carbocycles. The SMILES string of the molecule is COc1c(Cl)cc(C(=O)N2CC[C@H](O)C2)cc1Cl. The third-order valence-electron chi connectivity index (χ3n) is 2.90. The zero-order valence-corrected chi connectivity index (χ0v) is 11.3. The highest BCUT2D eigenvalue weighted by molar-refractivity contribution is 6.37. The van der Waals surface area contributed by atoms with Crippen molar-refractivity contribution in [1.82, 2.24) is 4.90 Å². The second-order valence-corrected chi connectivity index (χ2v) is 4.98. The second kappa shape index (κ2) is 5.34. The molecule has 2 rings (SSSR count). The van der Waals surface area contributed by atoms with Gasteiger partial charge in [0.05, 0.1) is 23.3 Å². The lowest BCUT2D eigenvalue weighted by atomic mass is 10.2. The second-order valence-electron chi connectivity index (χ2n) is 4.17. The summed E-state index contributed by atoms with van der Waals surface area (Å²) in [5.74, 6) is 0.175. The highest BCUT2D eigenvalue weighted by Crippen LogP contribution is 2.34. The van der Waals surface area contributed by atoms with Crippen LogP contribution in [0.5, 0.6) is 5.75 Å². The number of benzene rings is 1. The van der Waals surface area contributed by atoms with Crippen LogP contribution >= 0.6 is 23.2 Å². The smallest absolute Gasteiger partial charge is 0.254 e. The van der Waals surface area contributed by atoms with Crippen molar-refractivity contribution in [2.24, 2.45) is 0 Å². The molecular formula is C12H13Cl2NO3. The van der Waals surface area contributed by atoms with E-state index < -0.39 is 6.10 Å². The van der Waals surface area contributed by atoms with E-state index in [9.17, 15) is 9.90 Å². The summed E-state index contributed by atoms with van der Waals surface area (Å²) >= 11 is 12.0. The van der Waals surface area contributed by atoms with Crippen molar-refractivity contribution in [3.63, 3.8) is 0 Å². The van der Waals surface area contributed by atoms with Crippen molar-refractivity contribution in [1.29, 1.82) is 0 Å². The minimum atomic E-state index is -0.446. The third-order valence-corrected chi connectivity index (χ3v) is 3.46. The molecule has 6 heteroatoms. The molecule has 1 aromatic rings. The monoisotopic (exact) mass is 289 g/mol. The molecule has 1 aliphatic heterocycles. The average molecular weight is 290 g/mol. The fourth-order valence-corrected chi connectivity index (χ4v) is 2.63. The Kier molecular flexibility index (Phi) is 4.00. The van der Waals surface area contributed by atoms with Gasteiger partial charge in [-0.15, -0.1) is 0 Å². The van der Waals surface area contributed by atoms with Gasteiger partial charge in [0.1, 0.15) is 0 Å². The number of rotatable bonds is 2. The predicted octanol–water partition coefficient (Wildman–Crippen LogP) is 2.21. The molecule has 18 heavy (non-hydrogen) atoms. The molecule has 98 valence electrons. The first kappa shape index (κ1) is 13.5. The van der Waals surface area contributed by atoms with Crippen LogP contribution in [-0.2, 0) is 0 Å². The molecule has 0 radical (unpaired) electrons. The normalized spacial score (nSPS) is 19.1. The van der Waals surface area contributed by atoms with Crippen LogP contribution in [0.3, 0.4) is 0 Å². The van der Waals surface area contributed by atoms with E-state index in [0.717, 1.165) is 0 Å². The van der Waals surface area contributed by atoms with Crippen LogP contribution in [0.2, 0.25) is 10.0 Å². The van der Waals surface area contributed by atoms with Gasteiger partial charge in [-0.2, -0.15) is 0 Å². The Morgan fingerprint density at radius 2 is 2.06 bits per heavy atom. The van der Waals surface area contributed by atoms with Gasteiger partial charge in [-0.1, -0.05) is 23.2 Å². The number of aliphatic hydroxyl groups excluding tert-OH is 1. The quantitative estimate of drug-likeness (QED) is 0.908. The van der Waals surface area contributed by atoms with Gasteiger partial charge < -0.3 is 14.7 Å². The van der Waals surface area contributed by atoms with Crippen LogP contribution in [0.15, 0.2) is 12.1 Å². The van der Waals surface area contributed by atoms with Crippen molar-refractivity contribution in [3.05, 3.63) is 27.7 Å². The standard InChI is InChI=1S/C12H13Cl2NO3/c1-18-11-9(13)4-7(5-10(11)14)12(17)15-3-2-8(16)6-15/h4-5,8,16H,2-3,6H2,1H3/t8-/m0/s1. The fourth-order valence-electron chi connectivity index (χ4n) is 1.99. The highest BCUT2D eigenvalue weighted by Gasteiger charge is 2.26. The van der Waals surface area contributed by atoms with Crippen molar-refractivity contribution in [2.45, 2.75) is 12.5 Å². The largest absolute Gasteiger partial charge is 0.494 e. The van der Waals surface area contributed by atoms with Gasteiger partial charge in [-0.25, -0.2) is 0 Å². The maximum Gasteiger partial charge on any atom is 0.254 e. The number of aliphatic hydroxyl groups is 1. The number of halogens is 2. The molecule has 1 saturated heterocycles. The molecular weight excluding hydrogens is 277 g/mol. The van der Waals surface area contributed by atoms with Gasteiger partial charge in [0.25, 0.3) is 5.91 Å². The van der Waals surface area contributed by atoms with Crippen LogP contribution in [-0.4, -0.2) is 42.2 Å². The van der Waals surface area contributed by atoms with Gasteiger partial charge in [0.15, 0.2) is 5.75 Å². The van der Waals surface area contributed by atoms with E-state index in [1.807, 2.05) is 0 Å². The molecule has 1 amide bonds. The Bertz CT molecular complexity index is 455. The Labute approximate surface area is 115 Å². The lowest BCUT2D eigenvalue weighted by Gasteiger charge is -2.16. The van der Waals surface area contributed by atoms with E-state index in [-0.39, 0.29) is 5.91 Å². The van der Waals surface area contributed by atoms with E-state index in [0.29, 0.717) is 40.9 Å². The molecule has 1 aromatic carbocycles. The van der Waals surface area contributed by atoms with Crippen LogP contribution in [0.25, 0.3) is 0 Å². The molecule has 0 saturated carbocycles. The summed E-state index contributed by atoms with van der Waals surface area (Å²) in [6.45, 7) is 0.890. The Hall–Kier alpha value is -0.970. The molecule has 0 aromatic heterocycles. The van der Waals surface area contributed by atoms with Gasteiger partial charge >= 0.3 is 0 Å². The number of ether oxygens (including phenoxy) is 1. The summed E-state index contributed by atoms with van der Waals surface area (Å²) in [5, 5.41) is 10.0. The maximum atomic E-state index is 12.2. The van der Waals surface area contributed by atoms with Crippen molar-refractivity contribution >= 4 is 29.1 Å². The average Bonchev–Trinajstić information content (AvgIpc) is 2.74. The molecule has 4 nitrogen and oxygen atoms in total. The highest BCUT2D eigenvalue weighted by atomic mass is 35.5. The molecule has 0 spiro atoms. The van der Waals surface area contributed by atoms with Gasteiger partial charge in [-0.05, 0) is 18.6 Å². The number of amides is 1. The van der Waals surface area contributed by atoms with E-state index in [2.05, 4.69) is 0 Å². The van der Waals surface area contributed by atoms with Crippen LogP contribution in [0, 0.1) is 0 Å². The van der Waals surface area contributed by atoms with Crippen molar-refractivity contribution < 1.29 is 14.6 Å². The Morgan fingerprint density at radius 3 is 2.50 bits per heavy atom. The molecule has 0 bridgehead atoms. The lowest BCUT2D eigenvalue weighted by molar-refractivity contribution is 0.0765. The number of carbonyl (C=O) groups is 1.